The summed E-state index contributed by atoms with van der Waals surface area (Å²) in [7, 11) is 0. The van der Waals surface area contributed by atoms with E-state index in [4.69, 9.17) is 25.5 Å². The van der Waals surface area contributed by atoms with Crippen LogP contribution in [0.2, 0.25) is 0 Å². The van der Waals surface area contributed by atoms with Crippen molar-refractivity contribution in [3.05, 3.63) is 0 Å². The third kappa shape index (κ3) is 4.84. The molecule has 7 heteroatoms. The summed E-state index contributed by atoms with van der Waals surface area (Å²) < 4.78 is 0. The average molecular weight is 308 g/mol. The molecule has 0 bridgehead atoms. The Morgan fingerprint density at radius 2 is 1.54 bits per heavy atom. The second kappa shape index (κ2) is 7.59. The Morgan fingerprint density at radius 3 is 1.85 bits per heavy atom. The first-order valence-electron chi connectivity index (χ1n) is 3.33. The summed E-state index contributed by atoms with van der Waals surface area (Å²) in [5.41, 5.74) is 0. The quantitative estimate of drug-likeness (QED) is 0.277. The normalized spacial score (nSPS) is 19.5. The minimum atomic E-state index is -1.79. The van der Waals surface area contributed by atoms with E-state index >= 15 is 0 Å². The lowest BCUT2D eigenvalue weighted by Crippen LogP contribution is -2.46. The molecule has 0 aliphatic rings. The van der Waals surface area contributed by atoms with Crippen molar-refractivity contribution in [2.75, 3.05) is 6.61 Å². The van der Waals surface area contributed by atoms with E-state index in [0.29, 0.717) is 0 Å². The Bertz CT molecular complexity index is 143. The molecule has 0 fully saturated rings. The molecule has 0 aliphatic heterocycles. The summed E-state index contributed by atoms with van der Waals surface area (Å²) in [6.45, 7) is -0.760. The Kier molecular flexibility index (Phi) is 9.14. The van der Waals surface area contributed by atoms with E-state index in [1.807, 2.05) is 0 Å². The molecule has 0 amide bonds. The van der Waals surface area contributed by atoms with Gasteiger partial charge >= 0.3 is 0 Å². The lowest BCUT2D eigenvalue weighted by molar-refractivity contribution is -0.136. The lowest BCUT2D eigenvalue weighted by atomic mass is 10.0. The van der Waals surface area contributed by atoms with E-state index in [-0.39, 0.29) is 30.3 Å². The third-order valence-corrected chi connectivity index (χ3v) is 1.42. The Morgan fingerprint density at radius 1 is 1.08 bits per heavy atom. The second-order valence-electron chi connectivity index (χ2n) is 2.36. The van der Waals surface area contributed by atoms with Gasteiger partial charge in [0.2, 0.25) is 0 Å². The summed E-state index contributed by atoms with van der Waals surface area (Å²) in [6.07, 6.45) is -6.84. The minimum absolute atomic E-state index is 0. The molecular formula is C6H13IO6. The van der Waals surface area contributed by atoms with Crippen molar-refractivity contribution < 1.29 is 30.3 Å². The fourth-order valence-electron chi connectivity index (χ4n) is 0.618. The smallest absolute Gasteiger partial charge is 0.151 e. The van der Waals surface area contributed by atoms with Crippen LogP contribution in [0.1, 0.15) is 0 Å². The van der Waals surface area contributed by atoms with E-state index in [9.17, 15) is 4.79 Å². The third-order valence-electron chi connectivity index (χ3n) is 1.42. The lowest BCUT2D eigenvalue weighted by Gasteiger charge is -2.22. The van der Waals surface area contributed by atoms with Crippen molar-refractivity contribution in [3.63, 3.8) is 0 Å². The summed E-state index contributed by atoms with van der Waals surface area (Å²) in [5, 5.41) is 43.5. The number of aldehydes is 1. The number of aliphatic hydroxyl groups is 5. The van der Waals surface area contributed by atoms with Gasteiger partial charge in [-0.25, -0.2) is 0 Å². The van der Waals surface area contributed by atoms with Gasteiger partial charge in [0.05, 0.1) is 6.61 Å². The molecule has 0 aliphatic carbocycles. The molecule has 6 nitrogen and oxygen atoms in total. The fourth-order valence-corrected chi connectivity index (χ4v) is 0.618. The molecule has 0 aromatic carbocycles. The van der Waals surface area contributed by atoms with Crippen LogP contribution in [-0.4, -0.2) is 62.8 Å². The first kappa shape index (κ1) is 15.7. The van der Waals surface area contributed by atoms with Gasteiger partial charge < -0.3 is 30.3 Å². The molecule has 0 aromatic rings. The predicted octanol–water partition coefficient (Wildman–Crippen LogP) is -2.76. The maximum absolute atomic E-state index is 9.90. The van der Waals surface area contributed by atoms with Crippen LogP contribution in [0.3, 0.4) is 0 Å². The van der Waals surface area contributed by atoms with Crippen LogP contribution in [0.15, 0.2) is 0 Å². The molecule has 4 atom stereocenters. The molecule has 13 heavy (non-hydrogen) atoms. The van der Waals surface area contributed by atoms with E-state index in [0.717, 1.165) is 0 Å². The zero-order valence-electron chi connectivity index (χ0n) is 6.65. The van der Waals surface area contributed by atoms with E-state index < -0.39 is 31.0 Å². The van der Waals surface area contributed by atoms with Gasteiger partial charge in [-0.15, -0.1) is 24.0 Å². The van der Waals surface area contributed by atoms with E-state index in [2.05, 4.69) is 0 Å². The van der Waals surface area contributed by atoms with Crippen LogP contribution < -0.4 is 0 Å². The van der Waals surface area contributed by atoms with Crippen LogP contribution in [0.25, 0.3) is 0 Å². The molecule has 0 rings (SSSR count). The number of carbonyl (C=O) groups excluding carboxylic acids is 1. The van der Waals surface area contributed by atoms with Gasteiger partial charge in [-0.2, -0.15) is 0 Å². The van der Waals surface area contributed by atoms with Crippen LogP contribution in [-0.2, 0) is 4.79 Å². The van der Waals surface area contributed by atoms with Gasteiger partial charge in [0.1, 0.15) is 24.4 Å². The van der Waals surface area contributed by atoms with Gasteiger partial charge in [0.15, 0.2) is 6.29 Å². The van der Waals surface area contributed by atoms with Crippen LogP contribution in [0.5, 0.6) is 0 Å². The molecular weight excluding hydrogens is 295 g/mol. The van der Waals surface area contributed by atoms with Crippen molar-refractivity contribution >= 4 is 30.3 Å². The number of rotatable bonds is 5. The van der Waals surface area contributed by atoms with Crippen molar-refractivity contribution in [2.45, 2.75) is 24.4 Å². The van der Waals surface area contributed by atoms with Crippen molar-refractivity contribution in [1.29, 1.82) is 0 Å². The highest BCUT2D eigenvalue weighted by atomic mass is 127. The van der Waals surface area contributed by atoms with Gasteiger partial charge in [-0.3, -0.25) is 0 Å². The highest BCUT2D eigenvalue weighted by Gasteiger charge is 2.29. The number of hydrogen-bond donors (Lipinski definition) is 5. The predicted molar refractivity (Wildman–Crippen MR) is 52.6 cm³/mol. The van der Waals surface area contributed by atoms with Crippen LogP contribution >= 0.6 is 24.0 Å². The van der Waals surface area contributed by atoms with Gasteiger partial charge in [0, 0.05) is 0 Å². The zero-order valence-corrected chi connectivity index (χ0v) is 8.98. The highest BCUT2D eigenvalue weighted by Crippen LogP contribution is 2.02. The van der Waals surface area contributed by atoms with Crippen LogP contribution in [0.4, 0.5) is 0 Å². The maximum atomic E-state index is 9.90. The molecule has 0 spiro atoms. The van der Waals surface area contributed by atoms with Gasteiger partial charge in [-0.05, 0) is 0 Å². The number of hydrogen-bond acceptors (Lipinski definition) is 6. The molecule has 0 heterocycles. The topological polar surface area (TPSA) is 118 Å². The number of aliphatic hydroxyl groups excluding tert-OH is 5. The molecule has 5 N–H and O–H groups in total. The summed E-state index contributed by atoms with van der Waals surface area (Å²) in [5.74, 6) is 0. The molecule has 0 radical (unpaired) electrons. The fraction of sp³-hybridized carbons (Fsp3) is 0.833. The number of carbonyl (C=O) groups is 1. The maximum Gasteiger partial charge on any atom is 0.151 e. The van der Waals surface area contributed by atoms with Gasteiger partial charge in [0.25, 0.3) is 0 Å². The Balaban J connectivity index is 0. The Hall–Kier alpha value is 0.200. The minimum Gasteiger partial charge on any atom is -0.394 e. The molecule has 0 unspecified atom stereocenters. The van der Waals surface area contributed by atoms with Gasteiger partial charge in [-0.1, -0.05) is 0 Å². The average Bonchev–Trinajstić information content (AvgIpc) is 2.12. The first-order chi connectivity index (χ1) is 5.54. The number of halogens is 1. The van der Waals surface area contributed by atoms with Crippen molar-refractivity contribution in [3.8, 4) is 0 Å². The largest absolute Gasteiger partial charge is 0.394 e. The van der Waals surface area contributed by atoms with E-state index in [1.165, 1.54) is 0 Å². The highest BCUT2D eigenvalue weighted by molar-refractivity contribution is 14.0. The van der Waals surface area contributed by atoms with Crippen molar-refractivity contribution in [1.82, 2.24) is 0 Å². The van der Waals surface area contributed by atoms with Crippen LogP contribution in [0, 0.1) is 0 Å². The standard InChI is InChI=1S/C6H12O6.HI/c7-1-3(9)5(11)6(12)4(10)2-8;/h1,3-6,8-12H,2H2;1H/t3-,4+,5+,6+;/m0./s1. The van der Waals surface area contributed by atoms with E-state index in [1.54, 1.807) is 0 Å². The Labute approximate surface area is 91.8 Å². The monoisotopic (exact) mass is 308 g/mol. The first-order valence-corrected chi connectivity index (χ1v) is 3.33. The molecule has 0 saturated carbocycles. The summed E-state index contributed by atoms with van der Waals surface area (Å²) in [4.78, 5) is 9.90. The summed E-state index contributed by atoms with van der Waals surface area (Å²) >= 11 is 0. The SMILES string of the molecule is I.O=C[C@H](O)[C@@H](O)[C@H](O)[C@H](O)CO. The summed E-state index contributed by atoms with van der Waals surface area (Å²) in [6, 6.07) is 0. The van der Waals surface area contributed by atoms with Crippen molar-refractivity contribution in [2.24, 2.45) is 0 Å². The molecule has 0 saturated heterocycles. The second-order valence-corrected chi connectivity index (χ2v) is 2.36. The molecule has 80 valence electrons. The zero-order chi connectivity index (χ0) is 9.72. The molecule has 0 aromatic heterocycles.